The molecular weight excluding hydrogens is 372 g/mol. The summed E-state index contributed by atoms with van der Waals surface area (Å²) >= 11 is 1.84. The van der Waals surface area contributed by atoms with E-state index in [2.05, 4.69) is 17.1 Å². The number of esters is 1. The lowest BCUT2D eigenvalue weighted by molar-refractivity contribution is -0.140. The SMILES string of the molecule is COC(=O)CCCNc1nc(CN2CCC(C)CC2)nc2sc3c(c12)CCC3. The minimum Gasteiger partial charge on any atom is -0.469 e. The van der Waals surface area contributed by atoms with Gasteiger partial charge >= 0.3 is 5.97 Å². The number of nitrogens with zero attached hydrogens (tertiary/aromatic N) is 3. The summed E-state index contributed by atoms with van der Waals surface area (Å²) in [4.78, 5) is 26.3. The maximum Gasteiger partial charge on any atom is 0.305 e. The van der Waals surface area contributed by atoms with E-state index in [-0.39, 0.29) is 5.97 Å². The quantitative estimate of drug-likeness (QED) is 0.562. The second-order valence-corrected chi connectivity index (χ2v) is 9.17. The summed E-state index contributed by atoms with van der Waals surface area (Å²) in [5, 5.41) is 4.71. The first-order valence-electron chi connectivity index (χ1n) is 10.5. The zero-order valence-electron chi connectivity index (χ0n) is 16.9. The number of aryl methyl sites for hydroxylation is 2. The molecule has 1 N–H and O–H groups in total. The van der Waals surface area contributed by atoms with Crippen LogP contribution in [0, 0.1) is 5.92 Å². The van der Waals surface area contributed by atoms with E-state index in [4.69, 9.17) is 14.7 Å². The van der Waals surface area contributed by atoms with E-state index in [1.807, 2.05) is 11.3 Å². The lowest BCUT2D eigenvalue weighted by Gasteiger charge is -2.29. The van der Waals surface area contributed by atoms with Crippen molar-refractivity contribution < 1.29 is 9.53 Å². The third-order valence-corrected chi connectivity index (χ3v) is 7.12. The van der Waals surface area contributed by atoms with Crippen LogP contribution in [-0.2, 0) is 28.9 Å². The van der Waals surface area contributed by atoms with Crippen LogP contribution in [0.4, 0.5) is 5.82 Å². The Morgan fingerprint density at radius 3 is 2.89 bits per heavy atom. The van der Waals surface area contributed by atoms with Gasteiger partial charge in [0.15, 0.2) is 0 Å². The third-order valence-electron chi connectivity index (χ3n) is 5.93. The average Bonchev–Trinajstić information content (AvgIpc) is 3.27. The van der Waals surface area contributed by atoms with Crippen LogP contribution in [0.15, 0.2) is 0 Å². The van der Waals surface area contributed by atoms with Gasteiger partial charge in [-0.1, -0.05) is 6.92 Å². The van der Waals surface area contributed by atoms with Crippen LogP contribution in [0.25, 0.3) is 10.2 Å². The lowest BCUT2D eigenvalue weighted by Crippen LogP contribution is -2.33. The fraction of sp³-hybridized carbons (Fsp3) is 0.667. The van der Waals surface area contributed by atoms with Crippen molar-refractivity contribution in [1.29, 1.82) is 0 Å². The highest BCUT2D eigenvalue weighted by molar-refractivity contribution is 7.19. The molecule has 28 heavy (non-hydrogen) atoms. The van der Waals surface area contributed by atoms with Crippen LogP contribution in [0.2, 0.25) is 0 Å². The Kier molecular flexibility index (Phi) is 6.11. The molecule has 2 aliphatic rings. The zero-order valence-corrected chi connectivity index (χ0v) is 17.7. The highest BCUT2D eigenvalue weighted by atomic mass is 32.1. The standard InChI is InChI=1S/C21H30N4O2S/c1-14-8-11-25(12-9-14)13-17-23-20(22-10-4-7-18(26)27-2)19-15-5-3-6-16(15)28-21(19)24-17/h14H,3-13H2,1-2H3,(H,22,23,24). The molecule has 1 aliphatic carbocycles. The molecule has 0 spiro atoms. The number of piperidine rings is 1. The number of likely N-dealkylation sites (tertiary alicyclic amines) is 1. The Bertz CT molecular complexity index is 843. The Morgan fingerprint density at radius 1 is 1.29 bits per heavy atom. The van der Waals surface area contributed by atoms with Crippen LogP contribution >= 0.6 is 11.3 Å². The van der Waals surface area contributed by atoms with E-state index in [1.165, 1.54) is 42.2 Å². The molecule has 0 saturated carbocycles. The zero-order chi connectivity index (χ0) is 19.5. The van der Waals surface area contributed by atoms with Crippen LogP contribution < -0.4 is 5.32 Å². The van der Waals surface area contributed by atoms with Crippen LogP contribution in [0.1, 0.15) is 55.3 Å². The molecule has 6 nitrogen and oxygen atoms in total. The number of carbonyl (C=O) groups excluding carboxylic acids is 1. The van der Waals surface area contributed by atoms with Gasteiger partial charge in [0.1, 0.15) is 16.5 Å². The van der Waals surface area contributed by atoms with Crippen molar-refractivity contribution in [2.24, 2.45) is 5.92 Å². The molecule has 0 bridgehead atoms. The van der Waals surface area contributed by atoms with Gasteiger partial charge < -0.3 is 10.1 Å². The second kappa shape index (κ2) is 8.74. The van der Waals surface area contributed by atoms with Crippen molar-refractivity contribution in [3.63, 3.8) is 0 Å². The summed E-state index contributed by atoms with van der Waals surface area (Å²) in [5.41, 5.74) is 1.44. The Morgan fingerprint density at radius 2 is 2.11 bits per heavy atom. The van der Waals surface area contributed by atoms with Crippen LogP contribution in [-0.4, -0.2) is 47.6 Å². The number of aromatic nitrogens is 2. The third kappa shape index (κ3) is 4.30. The summed E-state index contributed by atoms with van der Waals surface area (Å²) in [7, 11) is 1.44. The summed E-state index contributed by atoms with van der Waals surface area (Å²) < 4.78 is 4.74. The van der Waals surface area contributed by atoms with E-state index in [9.17, 15) is 4.79 Å². The van der Waals surface area contributed by atoms with Gasteiger partial charge in [-0.15, -0.1) is 11.3 Å². The number of thiophene rings is 1. The van der Waals surface area contributed by atoms with Crippen molar-refractivity contribution in [2.75, 3.05) is 32.1 Å². The number of fused-ring (bicyclic) bond motifs is 3. The maximum atomic E-state index is 11.4. The van der Waals surface area contributed by atoms with Crippen molar-refractivity contribution in [1.82, 2.24) is 14.9 Å². The first kappa shape index (κ1) is 19.6. The number of hydrogen-bond donors (Lipinski definition) is 1. The topological polar surface area (TPSA) is 67.3 Å². The molecule has 7 heteroatoms. The number of methoxy groups -OCH3 is 1. The van der Waals surface area contributed by atoms with Gasteiger partial charge in [-0.25, -0.2) is 9.97 Å². The molecule has 0 atom stereocenters. The van der Waals surface area contributed by atoms with Crippen LogP contribution in [0.3, 0.4) is 0 Å². The fourth-order valence-electron chi connectivity index (χ4n) is 4.20. The number of nitrogens with one attached hydrogen (secondary N) is 1. The van der Waals surface area contributed by atoms with Crippen molar-refractivity contribution in [2.45, 2.75) is 58.4 Å². The summed E-state index contributed by atoms with van der Waals surface area (Å²) in [6, 6.07) is 0. The van der Waals surface area contributed by atoms with E-state index < -0.39 is 0 Å². The second-order valence-electron chi connectivity index (χ2n) is 8.09. The maximum absolute atomic E-state index is 11.4. The average molecular weight is 403 g/mol. The van der Waals surface area contributed by atoms with Gasteiger partial charge in [0, 0.05) is 17.8 Å². The number of rotatable bonds is 7. The monoisotopic (exact) mass is 402 g/mol. The van der Waals surface area contributed by atoms with Crippen molar-refractivity contribution in [3.8, 4) is 0 Å². The molecule has 1 saturated heterocycles. The predicted octanol–water partition coefficient (Wildman–Crippen LogP) is 3.78. The van der Waals surface area contributed by atoms with Gasteiger partial charge in [-0.05, 0) is 63.1 Å². The van der Waals surface area contributed by atoms with Gasteiger partial charge in [0.05, 0.1) is 19.0 Å². The molecule has 0 unspecified atom stereocenters. The molecule has 0 amide bonds. The highest BCUT2D eigenvalue weighted by Crippen LogP contribution is 2.39. The Labute approximate surface area is 170 Å². The number of ether oxygens (including phenoxy) is 1. The molecule has 1 fully saturated rings. The highest BCUT2D eigenvalue weighted by Gasteiger charge is 2.23. The lowest BCUT2D eigenvalue weighted by atomic mass is 9.99. The van der Waals surface area contributed by atoms with Gasteiger partial charge in [-0.2, -0.15) is 0 Å². The summed E-state index contributed by atoms with van der Waals surface area (Å²) in [5.74, 6) is 2.53. The van der Waals surface area contributed by atoms with Crippen LogP contribution in [0.5, 0.6) is 0 Å². The molecule has 152 valence electrons. The largest absolute Gasteiger partial charge is 0.469 e. The van der Waals surface area contributed by atoms with Gasteiger partial charge in [0.2, 0.25) is 0 Å². The van der Waals surface area contributed by atoms with E-state index >= 15 is 0 Å². The molecule has 0 radical (unpaired) electrons. The van der Waals surface area contributed by atoms with Crippen molar-refractivity contribution in [3.05, 3.63) is 16.3 Å². The Balaban J connectivity index is 1.53. The number of anilines is 1. The van der Waals surface area contributed by atoms with Gasteiger partial charge in [0.25, 0.3) is 0 Å². The normalized spacial score (nSPS) is 17.8. The Hall–Kier alpha value is -1.73. The molecule has 1 aliphatic heterocycles. The van der Waals surface area contributed by atoms with E-state index in [0.29, 0.717) is 13.0 Å². The summed E-state index contributed by atoms with van der Waals surface area (Å²) in [6.45, 7) is 6.13. The smallest absolute Gasteiger partial charge is 0.305 e. The van der Waals surface area contributed by atoms with E-state index in [1.54, 1.807) is 0 Å². The van der Waals surface area contributed by atoms with Crippen molar-refractivity contribution >= 4 is 33.3 Å². The molecule has 0 aromatic carbocycles. The fourth-order valence-corrected chi connectivity index (χ4v) is 5.48. The molecule has 3 heterocycles. The minimum atomic E-state index is -0.161. The molecule has 2 aromatic rings. The molecule has 2 aromatic heterocycles. The number of carbonyl (C=O) groups is 1. The molecular formula is C21H30N4O2S. The first-order valence-corrected chi connectivity index (χ1v) is 11.3. The predicted molar refractivity (Wildman–Crippen MR) is 113 cm³/mol. The number of hydrogen-bond acceptors (Lipinski definition) is 7. The summed E-state index contributed by atoms with van der Waals surface area (Å²) in [6.07, 6.45) is 7.20. The van der Waals surface area contributed by atoms with Gasteiger partial charge in [-0.3, -0.25) is 9.69 Å². The van der Waals surface area contributed by atoms with E-state index in [0.717, 1.165) is 61.3 Å². The minimum absolute atomic E-state index is 0.161. The molecule has 4 rings (SSSR count). The first-order chi connectivity index (χ1) is 13.6.